The van der Waals surface area contributed by atoms with Gasteiger partial charge in [0.15, 0.2) is 5.76 Å². The first-order valence-electron chi connectivity index (χ1n) is 5.91. The molecule has 0 atom stereocenters. The molecule has 7 heteroatoms. The van der Waals surface area contributed by atoms with Gasteiger partial charge in [-0.25, -0.2) is 0 Å². The Balaban J connectivity index is 1.88. The van der Waals surface area contributed by atoms with Crippen LogP contribution in [0.5, 0.6) is 0 Å². The lowest BCUT2D eigenvalue weighted by molar-refractivity contribution is 0.371. The molecule has 0 saturated heterocycles. The van der Waals surface area contributed by atoms with E-state index in [1.165, 1.54) is 0 Å². The van der Waals surface area contributed by atoms with Crippen LogP contribution in [-0.2, 0) is 6.42 Å². The first-order valence-corrected chi connectivity index (χ1v) is 5.91. The molecule has 0 unspecified atom stereocenters. The summed E-state index contributed by atoms with van der Waals surface area (Å²) in [6.45, 7) is 3.50. The van der Waals surface area contributed by atoms with E-state index in [1.807, 2.05) is 13.0 Å². The summed E-state index contributed by atoms with van der Waals surface area (Å²) in [7, 11) is 0. The van der Waals surface area contributed by atoms with Crippen molar-refractivity contribution in [1.29, 1.82) is 5.26 Å². The summed E-state index contributed by atoms with van der Waals surface area (Å²) in [4.78, 5) is 4.26. The van der Waals surface area contributed by atoms with Gasteiger partial charge in [0.25, 0.3) is 0 Å². The van der Waals surface area contributed by atoms with Crippen LogP contribution < -0.4 is 0 Å². The summed E-state index contributed by atoms with van der Waals surface area (Å²) in [6, 6.07) is 3.82. The fourth-order valence-corrected chi connectivity index (χ4v) is 1.88. The Bertz CT molecular complexity index is 791. The van der Waals surface area contributed by atoms with Crippen LogP contribution in [0.3, 0.4) is 0 Å². The van der Waals surface area contributed by atoms with Crippen LogP contribution >= 0.6 is 0 Å². The highest BCUT2D eigenvalue weighted by Crippen LogP contribution is 2.22. The highest BCUT2D eigenvalue weighted by molar-refractivity contribution is 5.56. The van der Waals surface area contributed by atoms with E-state index in [0.29, 0.717) is 34.5 Å². The lowest BCUT2D eigenvalue weighted by Crippen LogP contribution is -1.92. The topological polar surface area (TPSA) is 102 Å². The van der Waals surface area contributed by atoms with Crippen molar-refractivity contribution >= 4 is 0 Å². The Morgan fingerprint density at radius 2 is 2.05 bits per heavy atom. The number of hydrogen-bond acceptors (Lipinski definition) is 7. The van der Waals surface area contributed by atoms with E-state index in [-0.39, 0.29) is 6.42 Å². The van der Waals surface area contributed by atoms with Crippen molar-refractivity contribution in [2.24, 2.45) is 0 Å². The van der Waals surface area contributed by atoms with Gasteiger partial charge in [0.1, 0.15) is 23.1 Å². The molecule has 3 aromatic heterocycles. The number of nitrogens with zero attached hydrogens (tertiary/aromatic N) is 4. The Morgan fingerprint density at radius 1 is 1.20 bits per heavy atom. The standard InChI is InChI=1S/C13H10N4O3/c1-7-9(3-4-18-7)13-15-12(20-17-13)5-11-10(6-14)8(2)19-16-11/h3-4H,5H2,1-2H3. The van der Waals surface area contributed by atoms with Gasteiger partial charge < -0.3 is 13.5 Å². The number of nitriles is 1. The van der Waals surface area contributed by atoms with Crippen LogP contribution in [0, 0.1) is 25.2 Å². The molecule has 3 rings (SSSR count). The average molecular weight is 270 g/mol. The van der Waals surface area contributed by atoms with Crippen LogP contribution in [0.25, 0.3) is 11.4 Å². The molecule has 0 radical (unpaired) electrons. The predicted octanol–water partition coefficient (Wildman–Crippen LogP) is 2.40. The van der Waals surface area contributed by atoms with Gasteiger partial charge in [0.2, 0.25) is 11.7 Å². The summed E-state index contributed by atoms with van der Waals surface area (Å²) >= 11 is 0. The molecular formula is C13H10N4O3. The summed E-state index contributed by atoms with van der Waals surface area (Å²) in [5, 5.41) is 16.7. The molecule has 100 valence electrons. The lowest BCUT2D eigenvalue weighted by Gasteiger charge is -1.89. The van der Waals surface area contributed by atoms with Crippen LogP contribution in [0.4, 0.5) is 0 Å². The van der Waals surface area contributed by atoms with Crippen LogP contribution in [0.2, 0.25) is 0 Å². The second kappa shape index (κ2) is 4.66. The molecule has 0 aliphatic heterocycles. The van der Waals surface area contributed by atoms with Crippen LogP contribution in [-0.4, -0.2) is 15.3 Å². The second-order valence-corrected chi connectivity index (χ2v) is 4.25. The number of aromatic nitrogens is 3. The molecule has 0 aliphatic carbocycles. The molecule has 0 aliphatic rings. The van der Waals surface area contributed by atoms with Crippen molar-refractivity contribution in [3.05, 3.63) is 41.0 Å². The molecule has 7 nitrogen and oxygen atoms in total. The minimum atomic E-state index is 0.254. The molecule has 20 heavy (non-hydrogen) atoms. The Kier molecular flexibility index (Phi) is 2.84. The Morgan fingerprint density at radius 3 is 2.75 bits per heavy atom. The van der Waals surface area contributed by atoms with Gasteiger partial charge in [-0.05, 0) is 19.9 Å². The van der Waals surface area contributed by atoms with E-state index < -0.39 is 0 Å². The van der Waals surface area contributed by atoms with Crippen molar-refractivity contribution < 1.29 is 13.5 Å². The highest BCUT2D eigenvalue weighted by Gasteiger charge is 2.18. The maximum atomic E-state index is 9.03. The van der Waals surface area contributed by atoms with Gasteiger partial charge in [-0.1, -0.05) is 10.3 Å². The summed E-state index contributed by atoms with van der Waals surface area (Å²) in [5.41, 5.74) is 1.67. The fraction of sp³-hybridized carbons (Fsp3) is 0.231. The largest absolute Gasteiger partial charge is 0.469 e. The number of hydrogen-bond donors (Lipinski definition) is 0. The predicted molar refractivity (Wildman–Crippen MR) is 65.5 cm³/mol. The third-order valence-electron chi connectivity index (χ3n) is 2.93. The maximum absolute atomic E-state index is 9.03. The zero-order chi connectivity index (χ0) is 14.1. The number of furan rings is 1. The number of rotatable bonds is 3. The molecule has 0 spiro atoms. The SMILES string of the molecule is Cc1occc1-c1noc(Cc2noc(C)c2C#N)n1. The third kappa shape index (κ3) is 1.97. The molecule has 0 bridgehead atoms. The normalized spacial score (nSPS) is 10.7. The van der Waals surface area contributed by atoms with Crippen molar-refractivity contribution in [3.63, 3.8) is 0 Å². The minimum Gasteiger partial charge on any atom is -0.469 e. The molecule has 0 aromatic carbocycles. The van der Waals surface area contributed by atoms with Crippen molar-refractivity contribution in [2.75, 3.05) is 0 Å². The monoisotopic (exact) mass is 270 g/mol. The van der Waals surface area contributed by atoms with E-state index in [9.17, 15) is 0 Å². The van der Waals surface area contributed by atoms with E-state index in [2.05, 4.69) is 15.3 Å². The van der Waals surface area contributed by atoms with E-state index in [4.69, 9.17) is 18.7 Å². The van der Waals surface area contributed by atoms with Crippen LogP contribution in [0.1, 0.15) is 28.7 Å². The minimum absolute atomic E-state index is 0.254. The molecule has 3 heterocycles. The third-order valence-corrected chi connectivity index (χ3v) is 2.93. The van der Waals surface area contributed by atoms with Crippen molar-refractivity contribution in [1.82, 2.24) is 15.3 Å². The fourth-order valence-electron chi connectivity index (χ4n) is 1.88. The first kappa shape index (κ1) is 12.2. The molecule has 0 amide bonds. The van der Waals surface area contributed by atoms with Gasteiger partial charge in [-0.3, -0.25) is 0 Å². The van der Waals surface area contributed by atoms with E-state index >= 15 is 0 Å². The lowest BCUT2D eigenvalue weighted by atomic mass is 10.1. The zero-order valence-corrected chi connectivity index (χ0v) is 10.9. The van der Waals surface area contributed by atoms with Gasteiger partial charge in [0.05, 0.1) is 18.2 Å². The second-order valence-electron chi connectivity index (χ2n) is 4.25. The average Bonchev–Trinajstić information content (AvgIpc) is 3.11. The molecule has 0 N–H and O–H groups in total. The molecule has 0 saturated carbocycles. The van der Waals surface area contributed by atoms with Gasteiger partial charge in [0, 0.05) is 0 Å². The molecule has 0 fully saturated rings. The summed E-state index contributed by atoms with van der Waals surface area (Å²) < 4.78 is 15.3. The Hall–Kier alpha value is -2.88. The summed E-state index contributed by atoms with van der Waals surface area (Å²) in [6.07, 6.45) is 1.82. The van der Waals surface area contributed by atoms with Crippen molar-refractivity contribution in [2.45, 2.75) is 20.3 Å². The maximum Gasteiger partial charge on any atom is 0.233 e. The highest BCUT2D eigenvalue weighted by atomic mass is 16.5. The van der Waals surface area contributed by atoms with E-state index in [1.54, 1.807) is 19.3 Å². The van der Waals surface area contributed by atoms with E-state index in [0.717, 1.165) is 5.56 Å². The first-order chi connectivity index (χ1) is 9.69. The van der Waals surface area contributed by atoms with Gasteiger partial charge >= 0.3 is 0 Å². The summed E-state index contributed by atoms with van der Waals surface area (Å²) in [5.74, 6) is 2.01. The van der Waals surface area contributed by atoms with Gasteiger partial charge in [-0.15, -0.1) is 0 Å². The molecule has 3 aromatic rings. The van der Waals surface area contributed by atoms with Gasteiger partial charge in [-0.2, -0.15) is 10.2 Å². The smallest absolute Gasteiger partial charge is 0.233 e. The van der Waals surface area contributed by atoms with Crippen LogP contribution in [0.15, 0.2) is 25.8 Å². The number of aryl methyl sites for hydroxylation is 2. The molecular weight excluding hydrogens is 260 g/mol. The zero-order valence-electron chi connectivity index (χ0n) is 10.9. The van der Waals surface area contributed by atoms with Crippen molar-refractivity contribution in [3.8, 4) is 17.5 Å². The Labute approximate surface area is 113 Å². The quantitative estimate of drug-likeness (QED) is 0.719.